The zero-order valence-corrected chi connectivity index (χ0v) is 11.0. The number of aromatic carboxylic acids is 2. The van der Waals surface area contributed by atoms with E-state index in [1.807, 2.05) is 0 Å². The molecule has 0 saturated heterocycles. The number of phenols is 2. The van der Waals surface area contributed by atoms with Gasteiger partial charge < -0.3 is 20.4 Å². The number of carbonyl (C=O) groups is 3. The van der Waals surface area contributed by atoms with E-state index in [1.165, 1.54) is 12.1 Å². The summed E-state index contributed by atoms with van der Waals surface area (Å²) in [4.78, 5) is 34.4. The summed E-state index contributed by atoms with van der Waals surface area (Å²) in [7, 11) is 0. The van der Waals surface area contributed by atoms with E-state index in [9.17, 15) is 24.6 Å². The standard InChI is InChI=1S/C15H10O7/c16-11(7-4-2-1-3-5-7)9-6-8(14(19)20)10(15(21)22)13(18)12(9)17/h1-6,17-18H,(H,19,20)(H,21,22). The summed E-state index contributed by atoms with van der Waals surface area (Å²) in [6.07, 6.45) is 0. The Balaban J connectivity index is 2.71. The molecule has 0 spiro atoms. The Labute approximate surface area is 123 Å². The molecule has 0 fully saturated rings. The van der Waals surface area contributed by atoms with Crippen molar-refractivity contribution in [3.8, 4) is 11.5 Å². The van der Waals surface area contributed by atoms with Crippen molar-refractivity contribution in [2.75, 3.05) is 0 Å². The minimum Gasteiger partial charge on any atom is -0.504 e. The van der Waals surface area contributed by atoms with Gasteiger partial charge in [-0.05, 0) is 6.07 Å². The van der Waals surface area contributed by atoms with Crippen LogP contribution >= 0.6 is 0 Å². The Morgan fingerprint density at radius 1 is 0.773 bits per heavy atom. The molecular weight excluding hydrogens is 292 g/mol. The van der Waals surface area contributed by atoms with E-state index in [4.69, 9.17) is 10.2 Å². The number of phenolic OH excluding ortho intramolecular Hbond substituents is 1. The normalized spacial score (nSPS) is 10.2. The third kappa shape index (κ3) is 2.47. The lowest BCUT2D eigenvalue weighted by Crippen LogP contribution is -2.12. The molecule has 0 aromatic heterocycles. The molecule has 112 valence electrons. The van der Waals surface area contributed by atoms with E-state index in [-0.39, 0.29) is 5.56 Å². The number of hydrogen-bond donors (Lipinski definition) is 4. The van der Waals surface area contributed by atoms with Crippen molar-refractivity contribution in [2.45, 2.75) is 0 Å². The fraction of sp³-hybridized carbons (Fsp3) is 0. The molecule has 0 aliphatic heterocycles. The van der Waals surface area contributed by atoms with Crippen LogP contribution in [0.3, 0.4) is 0 Å². The molecule has 0 unspecified atom stereocenters. The summed E-state index contributed by atoms with van der Waals surface area (Å²) < 4.78 is 0. The number of benzene rings is 2. The van der Waals surface area contributed by atoms with E-state index >= 15 is 0 Å². The summed E-state index contributed by atoms with van der Waals surface area (Å²) in [5, 5.41) is 37.6. The van der Waals surface area contributed by atoms with Crippen molar-refractivity contribution >= 4 is 17.7 Å². The second kappa shape index (κ2) is 5.57. The Morgan fingerprint density at radius 3 is 1.86 bits per heavy atom. The van der Waals surface area contributed by atoms with Gasteiger partial charge in [0.2, 0.25) is 0 Å². The third-order valence-electron chi connectivity index (χ3n) is 3.00. The molecule has 0 atom stereocenters. The molecular formula is C15H10O7. The van der Waals surface area contributed by atoms with Gasteiger partial charge in [0, 0.05) is 5.56 Å². The molecule has 0 heterocycles. The van der Waals surface area contributed by atoms with Crippen LogP contribution in [-0.4, -0.2) is 38.1 Å². The minimum absolute atomic E-state index is 0.150. The summed E-state index contributed by atoms with van der Waals surface area (Å²) in [5.74, 6) is -6.26. The highest BCUT2D eigenvalue weighted by atomic mass is 16.4. The van der Waals surface area contributed by atoms with Gasteiger partial charge >= 0.3 is 11.9 Å². The lowest BCUT2D eigenvalue weighted by atomic mass is 9.96. The average molecular weight is 302 g/mol. The predicted molar refractivity (Wildman–Crippen MR) is 73.6 cm³/mol. The molecule has 2 rings (SSSR count). The maximum Gasteiger partial charge on any atom is 0.340 e. The Morgan fingerprint density at radius 2 is 1.36 bits per heavy atom. The Bertz CT molecular complexity index is 778. The molecule has 0 aliphatic carbocycles. The van der Waals surface area contributed by atoms with Gasteiger partial charge in [0.05, 0.1) is 11.1 Å². The fourth-order valence-corrected chi connectivity index (χ4v) is 1.96. The van der Waals surface area contributed by atoms with Gasteiger partial charge in [-0.1, -0.05) is 30.3 Å². The molecule has 0 amide bonds. The van der Waals surface area contributed by atoms with Crippen LogP contribution in [0.2, 0.25) is 0 Å². The van der Waals surface area contributed by atoms with Gasteiger partial charge in [0.25, 0.3) is 0 Å². The van der Waals surface area contributed by atoms with Gasteiger partial charge in [-0.2, -0.15) is 0 Å². The Hall–Kier alpha value is -3.35. The van der Waals surface area contributed by atoms with Crippen molar-refractivity contribution < 1.29 is 34.8 Å². The minimum atomic E-state index is -1.73. The first-order chi connectivity index (χ1) is 10.3. The molecule has 7 nitrogen and oxygen atoms in total. The van der Waals surface area contributed by atoms with Crippen LogP contribution in [0.25, 0.3) is 0 Å². The number of carbonyl (C=O) groups excluding carboxylic acids is 1. The second-order valence-electron chi connectivity index (χ2n) is 4.35. The van der Waals surface area contributed by atoms with Gasteiger partial charge in [-0.25, -0.2) is 9.59 Å². The summed E-state index contributed by atoms with van der Waals surface area (Å²) >= 11 is 0. The van der Waals surface area contributed by atoms with Crippen LogP contribution in [0.5, 0.6) is 11.5 Å². The molecule has 2 aromatic carbocycles. The van der Waals surface area contributed by atoms with Crippen LogP contribution in [0.15, 0.2) is 36.4 Å². The largest absolute Gasteiger partial charge is 0.504 e. The number of aromatic hydroxyl groups is 2. The second-order valence-corrected chi connectivity index (χ2v) is 4.35. The smallest absolute Gasteiger partial charge is 0.340 e. The van der Waals surface area contributed by atoms with Crippen molar-refractivity contribution in [2.24, 2.45) is 0 Å². The average Bonchev–Trinajstić information content (AvgIpc) is 2.49. The quantitative estimate of drug-likeness (QED) is 0.499. The van der Waals surface area contributed by atoms with Crippen LogP contribution in [-0.2, 0) is 0 Å². The molecule has 0 radical (unpaired) electrons. The van der Waals surface area contributed by atoms with Crippen molar-refractivity contribution in [3.05, 3.63) is 58.7 Å². The number of carboxylic acids is 2. The van der Waals surface area contributed by atoms with E-state index in [1.54, 1.807) is 18.2 Å². The third-order valence-corrected chi connectivity index (χ3v) is 3.00. The first-order valence-electron chi connectivity index (χ1n) is 5.99. The lowest BCUT2D eigenvalue weighted by Gasteiger charge is -2.11. The molecule has 7 heteroatoms. The van der Waals surface area contributed by atoms with Gasteiger partial charge in [-0.3, -0.25) is 4.79 Å². The van der Waals surface area contributed by atoms with Crippen LogP contribution in [0, 0.1) is 0 Å². The number of hydrogen-bond acceptors (Lipinski definition) is 5. The molecule has 0 aliphatic rings. The van der Waals surface area contributed by atoms with Crippen LogP contribution < -0.4 is 0 Å². The highest BCUT2D eigenvalue weighted by Crippen LogP contribution is 2.36. The van der Waals surface area contributed by atoms with Crippen molar-refractivity contribution in [1.29, 1.82) is 0 Å². The molecule has 22 heavy (non-hydrogen) atoms. The van der Waals surface area contributed by atoms with Crippen LogP contribution in [0.4, 0.5) is 0 Å². The lowest BCUT2D eigenvalue weighted by molar-refractivity contribution is 0.0647. The first kappa shape index (κ1) is 15.0. The van der Waals surface area contributed by atoms with E-state index in [2.05, 4.69) is 0 Å². The van der Waals surface area contributed by atoms with E-state index in [0.29, 0.717) is 0 Å². The molecule has 0 bridgehead atoms. The number of ketones is 1. The van der Waals surface area contributed by atoms with E-state index < -0.39 is 45.9 Å². The SMILES string of the molecule is O=C(c1ccccc1)c1cc(C(=O)O)c(C(=O)O)c(O)c1O. The maximum absolute atomic E-state index is 12.3. The topological polar surface area (TPSA) is 132 Å². The summed E-state index contributed by atoms with van der Waals surface area (Å²) in [5.41, 5.74) is -2.11. The number of carboxylic acid groups (broad SMARTS) is 2. The maximum atomic E-state index is 12.3. The van der Waals surface area contributed by atoms with Gasteiger partial charge in [-0.15, -0.1) is 0 Å². The monoisotopic (exact) mass is 302 g/mol. The van der Waals surface area contributed by atoms with Crippen molar-refractivity contribution in [1.82, 2.24) is 0 Å². The molecule has 0 saturated carbocycles. The van der Waals surface area contributed by atoms with Gasteiger partial charge in [0.1, 0.15) is 5.56 Å². The summed E-state index contributed by atoms with van der Waals surface area (Å²) in [6, 6.07) is 8.39. The number of rotatable bonds is 4. The summed E-state index contributed by atoms with van der Waals surface area (Å²) in [6.45, 7) is 0. The first-order valence-corrected chi connectivity index (χ1v) is 5.99. The van der Waals surface area contributed by atoms with Crippen LogP contribution in [0.1, 0.15) is 36.6 Å². The fourth-order valence-electron chi connectivity index (χ4n) is 1.96. The van der Waals surface area contributed by atoms with Crippen molar-refractivity contribution in [3.63, 3.8) is 0 Å². The molecule has 2 aromatic rings. The highest BCUT2D eigenvalue weighted by molar-refractivity contribution is 6.14. The van der Waals surface area contributed by atoms with Gasteiger partial charge in [0.15, 0.2) is 17.3 Å². The predicted octanol–water partition coefficient (Wildman–Crippen LogP) is 1.73. The van der Waals surface area contributed by atoms with E-state index in [0.717, 1.165) is 6.07 Å². The zero-order chi connectivity index (χ0) is 16.4. The Kier molecular flexibility index (Phi) is 3.81. The molecule has 4 N–H and O–H groups in total. The zero-order valence-electron chi connectivity index (χ0n) is 11.0. The highest BCUT2D eigenvalue weighted by Gasteiger charge is 2.28.